The number of likely N-dealkylation sites (tertiary alicyclic amines) is 1. The fraction of sp³-hybridized carbons (Fsp3) is 0.800. The molecule has 1 unspecified atom stereocenters. The highest BCUT2D eigenvalue weighted by molar-refractivity contribution is 7.87. The van der Waals surface area contributed by atoms with Crippen molar-refractivity contribution in [1.29, 1.82) is 0 Å². The molecular weight excluding hydrogens is 548 g/mol. The SMILES string of the molecule is CC(C)C[C@H](NC(=O)OC1CC2(C1)CN(C(=O)C(C)C)C2)C(=O)N[C@@H](C[C@H]1CCNC1=O)C(=O)C(O)S(=O)(=O)O. The molecule has 4 amide bonds. The quantitative estimate of drug-likeness (QED) is 0.186. The van der Waals surface area contributed by atoms with Gasteiger partial charge < -0.3 is 30.7 Å². The zero-order chi connectivity index (χ0) is 30.0. The Morgan fingerprint density at radius 2 is 1.73 bits per heavy atom. The van der Waals surface area contributed by atoms with Gasteiger partial charge in [0.25, 0.3) is 10.1 Å². The van der Waals surface area contributed by atoms with E-state index in [0.29, 0.717) is 38.9 Å². The number of ether oxygens (including phenoxy) is 1. The highest BCUT2D eigenvalue weighted by Gasteiger charge is 2.55. The Balaban J connectivity index is 1.60. The summed E-state index contributed by atoms with van der Waals surface area (Å²) < 4.78 is 37.4. The lowest BCUT2D eigenvalue weighted by Gasteiger charge is -2.58. The second kappa shape index (κ2) is 12.4. The predicted molar refractivity (Wildman–Crippen MR) is 140 cm³/mol. The van der Waals surface area contributed by atoms with Crippen LogP contribution in [0.1, 0.15) is 59.8 Å². The van der Waals surface area contributed by atoms with Crippen molar-refractivity contribution in [3.05, 3.63) is 0 Å². The Kier molecular flexibility index (Phi) is 9.83. The van der Waals surface area contributed by atoms with Crippen molar-refractivity contribution in [3.63, 3.8) is 0 Å². The monoisotopic (exact) mass is 588 g/mol. The fourth-order valence-corrected chi connectivity index (χ4v) is 6.01. The number of hydrogen-bond donors (Lipinski definition) is 5. The smallest absolute Gasteiger partial charge is 0.408 e. The van der Waals surface area contributed by atoms with Gasteiger partial charge in [0.15, 0.2) is 0 Å². The fourth-order valence-electron chi connectivity index (χ4n) is 5.55. The van der Waals surface area contributed by atoms with E-state index in [1.807, 2.05) is 13.8 Å². The molecule has 1 spiro atoms. The number of ketones is 1. The molecule has 15 heteroatoms. The van der Waals surface area contributed by atoms with Crippen LogP contribution in [0.15, 0.2) is 0 Å². The molecule has 1 aliphatic carbocycles. The van der Waals surface area contributed by atoms with Gasteiger partial charge in [-0.15, -0.1) is 0 Å². The molecular formula is C25H40N4O10S. The first-order chi connectivity index (χ1) is 18.5. The number of hydrogen-bond acceptors (Lipinski definition) is 9. The number of carbonyl (C=O) groups excluding carboxylic acids is 5. The van der Waals surface area contributed by atoms with Gasteiger partial charge in [0, 0.05) is 36.9 Å². The van der Waals surface area contributed by atoms with E-state index in [1.54, 1.807) is 18.7 Å². The summed E-state index contributed by atoms with van der Waals surface area (Å²) in [7, 11) is -5.18. The molecule has 226 valence electrons. The number of alkyl carbamates (subject to hydrolysis) is 1. The van der Waals surface area contributed by atoms with Gasteiger partial charge in [-0.1, -0.05) is 27.7 Å². The molecule has 0 bridgehead atoms. The second-order valence-electron chi connectivity index (χ2n) is 12.0. The van der Waals surface area contributed by atoms with Crippen molar-refractivity contribution in [3.8, 4) is 0 Å². The minimum atomic E-state index is -5.18. The zero-order valence-electron chi connectivity index (χ0n) is 23.2. The first-order valence-electron chi connectivity index (χ1n) is 13.5. The standard InChI is InChI=1S/C25H40N4O10S/c1-13(2)7-18(28-24(35)39-16-9-25(10-16)11-29(12-25)22(33)14(3)4)21(32)27-17(8-15-5-6-26-20(15)31)19(30)23(34)40(36,37)38/h13-18,23,34H,5-12H2,1-4H3,(H,26,31)(H,27,32)(H,28,35)(H,36,37,38)/t15-,17+,18+,23?/m1/s1. The number of nitrogens with zero attached hydrogens (tertiary/aromatic N) is 1. The van der Waals surface area contributed by atoms with Crippen LogP contribution in [-0.4, -0.2) is 95.8 Å². The van der Waals surface area contributed by atoms with E-state index in [-0.39, 0.29) is 42.1 Å². The first kappa shape index (κ1) is 31.7. The topological polar surface area (TPSA) is 209 Å². The van der Waals surface area contributed by atoms with Crippen molar-refractivity contribution in [1.82, 2.24) is 20.9 Å². The van der Waals surface area contributed by atoms with Crippen LogP contribution < -0.4 is 16.0 Å². The van der Waals surface area contributed by atoms with Gasteiger partial charge in [-0.3, -0.25) is 23.7 Å². The van der Waals surface area contributed by atoms with Gasteiger partial charge in [0.05, 0.1) is 6.04 Å². The molecule has 2 aliphatic heterocycles. The van der Waals surface area contributed by atoms with Gasteiger partial charge in [0.2, 0.25) is 28.9 Å². The van der Waals surface area contributed by atoms with E-state index < -0.39 is 57.2 Å². The summed E-state index contributed by atoms with van der Waals surface area (Å²) in [6, 6.07) is -2.78. The van der Waals surface area contributed by atoms with Crippen molar-refractivity contribution >= 4 is 39.7 Å². The third-order valence-electron chi connectivity index (χ3n) is 7.64. The predicted octanol–water partition coefficient (Wildman–Crippen LogP) is -0.439. The van der Waals surface area contributed by atoms with Crippen LogP contribution >= 0.6 is 0 Å². The van der Waals surface area contributed by atoms with Gasteiger partial charge in [-0.05, 0) is 38.0 Å². The average Bonchev–Trinajstić information content (AvgIpc) is 3.20. The Bertz CT molecular complexity index is 1110. The molecule has 14 nitrogen and oxygen atoms in total. The van der Waals surface area contributed by atoms with E-state index in [4.69, 9.17) is 9.29 Å². The van der Waals surface area contributed by atoms with Crippen molar-refractivity contribution in [2.24, 2.45) is 23.2 Å². The van der Waals surface area contributed by atoms with Crippen LogP contribution in [0.25, 0.3) is 0 Å². The Morgan fingerprint density at radius 1 is 1.10 bits per heavy atom. The van der Waals surface area contributed by atoms with Gasteiger partial charge in [-0.2, -0.15) is 8.42 Å². The molecule has 0 aromatic rings. The maximum atomic E-state index is 13.2. The molecule has 3 rings (SSSR count). The summed E-state index contributed by atoms with van der Waals surface area (Å²) in [6.45, 7) is 8.86. The van der Waals surface area contributed by atoms with Crippen LogP contribution in [0.4, 0.5) is 4.79 Å². The van der Waals surface area contributed by atoms with Gasteiger partial charge in [-0.25, -0.2) is 4.79 Å². The largest absolute Gasteiger partial charge is 0.446 e. The molecule has 0 aromatic carbocycles. The van der Waals surface area contributed by atoms with E-state index in [9.17, 15) is 37.5 Å². The number of rotatable bonds is 12. The molecule has 5 N–H and O–H groups in total. The Morgan fingerprint density at radius 3 is 2.23 bits per heavy atom. The van der Waals surface area contributed by atoms with E-state index >= 15 is 0 Å². The average molecular weight is 589 g/mol. The molecule has 40 heavy (non-hydrogen) atoms. The molecule has 4 atom stereocenters. The summed E-state index contributed by atoms with van der Waals surface area (Å²) in [5.41, 5.74) is -2.87. The maximum Gasteiger partial charge on any atom is 0.408 e. The summed E-state index contributed by atoms with van der Waals surface area (Å²) in [4.78, 5) is 64.5. The second-order valence-corrected chi connectivity index (χ2v) is 13.4. The zero-order valence-corrected chi connectivity index (χ0v) is 24.0. The lowest BCUT2D eigenvalue weighted by Crippen LogP contribution is -2.66. The van der Waals surface area contributed by atoms with Crippen LogP contribution in [0, 0.1) is 23.2 Å². The molecule has 3 fully saturated rings. The van der Waals surface area contributed by atoms with Crippen LogP contribution in [0.3, 0.4) is 0 Å². The van der Waals surface area contributed by atoms with Gasteiger partial charge >= 0.3 is 6.09 Å². The first-order valence-corrected chi connectivity index (χ1v) is 15.0. The van der Waals surface area contributed by atoms with Crippen molar-refractivity contribution in [2.75, 3.05) is 19.6 Å². The lowest BCUT2D eigenvalue weighted by atomic mass is 9.61. The molecule has 0 radical (unpaired) electrons. The highest BCUT2D eigenvalue weighted by atomic mass is 32.2. The molecule has 2 heterocycles. The third-order valence-corrected chi connectivity index (χ3v) is 8.43. The normalized spacial score (nSPS) is 22.6. The van der Waals surface area contributed by atoms with Crippen molar-refractivity contribution < 1.29 is 46.8 Å². The summed E-state index contributed by atoms with van der Waals surface area (Å²) in [5, 5.41) is 17.3. The van der Waals surface area contributed by atoms with E-state index in [1.165, 1.54) is 0 Å². The van der Waals surface area contributed by atoms with E-state index in [2.05, 4.69) is 16.0 Å². The number of aliphatic hydroxyl groups is 1. The number of Topliss-reactive ketones (excluding diaryl/α,β-unsaturated/α-hetero) is 1. The molecule has 2 saturated heterocycles. The van der Waals surface area contributed by atoms with Crippen molar-refractivity contribution in [2.45, 2.75) is 83.4 Å². The minimum Gasteiger partial charge on any atom is -0.446 e. The van der Waals surface area contributed by atoms with Crippen LogP contribution in [-0.2, 0) is 34.0 Å². The highest BCUT2D eigenvalue weighted by Crippen LogP contribution is 2.49. The molecule has 0 aromatic heterocycles. The number of carbonyl (C=O) groups is 5. The van der Waals surface area contributed by atoms with E-state index in [0.717, 1.165) is 0 Å². The summed E-state index contributed by atoms with van der Waals surface area (Å²) in [5.74, 6) is -3.43. The molecule has 1 saturated carbocycles. The Hall–Kier alpha value is -2.78. The van der Waals surface area contributed by atoms with Gasteiger partial charge in [0.1, 0.15) is 12.1 Å². The maximum absolute atomic E-state index is 13.2. The number of aliphatic hydroxyl groups excluding tert-OH is 1. The Labute approximate surface area is 233 Å². The third kappa shape index (κ3) is 7.69. The summed E-state index contributed by atoms with van der Waals surface area (Å²) >= 11 is 0. The van der Waals surface area contributed by atoms with Crippen LogP contribution in [0.5, 0.6) is 0 Å². The molecule has 3 aliphatic rings. The lowest BCUT2D eigenvalue weighted by molar-refractivity contribution is -0.166. The number of nitrogens with one attached hydrogen (secondary N) is 3. The minimum absolute atomic E-state index is 0.0573. The summed E-state index contributed by atoms with van der Waals surface area (Å²) in [6.07, 6.45) is 0.140. The van der Waals surface area contributed by atoms with Crippen LogP contribution in [0.2, 0.25) is 0 Å². The number of amides is 4.